The van der Waals surface area contributed by atoms with E-state index in [-0.39, 0.29) is 5.50 Å². The monoisotopic (exact) mass is 261 g/mol. The summed E-state index contributed by atoms with van der Waals surface area (Å²) in [6.45, 7) is 2.88. The van der Waals surface area contributed by atoms with Crippen LogP contribution in [0.15, 0.2) is 36.5 Å². The van der Waals surface area contributed by atoms with Crippen LogP contribution in [0.4, 0.5) is 5.69 Å². The number of nitrogens with zero attached hydrogens (tertiary/aromatic N) is 2. The summed E-state index contributed by atoms with van der Waals surface area (Å²) in [5.74, 6) is 0. The highest BCUT2D eigenvalue weighted by molar-refractivity contribution is 6.22. The molecule has 0 aliphatic carbocycles. The molecule has 18 heavy (non-hydrogen) atoms. The molecule has 1 N–H and O–H groups in total. The summed E-state index contributed by atoms with van der Waals surface area (Å²) in [7, 11) is 0. The van der Waals surface area contributed by atoms with Gasteiger partial charge in [0, 0.05) is 30.4 Å². The highest BCUT2D eigenvalue weighted by Crippen LogP contribution is 2.28. The molecule has 0 bridgehead atoms. The summed E-state index contributed by atoms with van der Waals surface area (Å²) in [5, 5.41) is 4.56. The van der Waals surface area contributed by atoms with Gasteiger partial charge < -0.3 is 10.2 Å². The molecule has 2 aromatic rings. The third-order valence-electron chi connectivity index (χ3n) is 3.36. The number of para-hydroxylation sites is 1. The molecule has 1 aliphatic rings. The number of hydrogen-bond acceptors (Lipinski definition) is 3. The molecule has 2 heterocycles. The number of pyridine rings is 1. The van der Waals surface area contributed by atoms with Crippen molar-refractivity contribution in [2.24, 2.45) is 0 Å². The predicted octanol–water partition coefficient (Wildman–Crippen LogP) is 2.60. The molecule has 1 saturated heterocycles. The number of anilines is 1. The van der Waals surface area contributed by atoms with Gasteiger partial charge in [-0.05, 0) is 25.1 Å². The van der Waals surface area contributed by atoms with Crippen molar-refractivity contribution in [3.8, 4) is 0 Å². The van der Waals surface area contributed by atoms with Crippen molar-refractivity contribution in [3.05, 3.63) is 36.5 Å². The topological polar surface area (TPSA) is 28.2 Å². The van der Waals surface area contributed by atoms with Crippen molar-refractivity contribution in [2.75, 3.05) is 24.5 Å². The summed E-state index contributed by atoms with van der Waals surface area (Å²) < 4.78 is 0. The van der Waals surface area contributed by atoms with Gasteiger partial charge in [0.2, 0.25) is 0 Å². The Labute approximate surface area is 112 Å². The first-order valence-electron chi connectivity index (χ1n) is 6.31. The van der Waals surface area contributed by atoms with E-state index in [1.807, 2.05) is 24.4 Å². The lowest BCUT2D eigenvalue weighted by atomic mass is 10.1. The van der Waals surface area contributed by atoms with Gasteiger partial charge in [0.05, 0.1) is 5.52 Å². The predicted molar refractivity (Wildman–Crippen MR) is 76.2 cm³/mol. The van der Waals surface area contributed by atoms with Crippen molar-refractivity contribution in [2.45, 2.75) is 11.9 Å². The first kappa shape index (κ1) is 11.8. The normalized spacial score (nSPS) is 20.9. The summed E-state index contributed by atoms with van der Waals surface area (Å²) >= 11 is 6.49. The maximum Gasteiger partial charge on any atom is 0.105 e. The van der Waals surface area contributed by atoms with Gasteiger partial charge in [-0.2, -0.15) is 0 Å². The zero-order chi connectivity index (χ0) is 12.4. The summed E-state index contributed by atoms with van der Waals surface area (Å²) in [6.07, 6.45) is 2.82. The van der Waals surface area contributed by atoms with E-state index >= 15 is 0 Å². The lowest BCUT2D eigenvalue weighted by Gasteiger charge is -2.28. The SMILES string of the molecule is ClC1CCNCCN1c1ccnc2ccccc12. The second kappa shape index (κ2) is 5.12. The van der Waals surface area contributed by atoms with Crippen LogP contribution in [0, 0.1) is 0 Å². The fraction of sp³-hybridized carbons (Fsp3) is 0.357. The Kier molecular flexibility index (Phi) is 3.35. The number of benzene rings is 1. The molecule has 3 rings (SSSR count). The molecule has 0 radical (unpaired) electrons. The van der Waals surface area contributed by atoms with Crippen LogP contribution in [0.25, 0.3) is 10.9 Å². The van der Waals surface area contributed by atoms with Crippen molar-refractivity contribution < 1.29 is 0 Å². The quantitative estimate of drug-likeness (QED) is 0.632. The van der Waals surface area contributed by atoms with Crippen LogP contribution in [-0.4, -0.2) is 30.1 Å². The number of halogens is 1. The van der Waals surface area contributed by atoms with Crippen molar-refractivity contribution in [1.82, 2.24) is 10.3 Å². The lowest BCUT2D eigenvalue weighted by molar-refractivity contribution is 0.712. The minimum Gasteiger partial charge on any atom is -0.353 e. The van der Waals surface area contributed by atoms with Gasteiger partial charge in [0.15, 0.2) is 0 Å². The van der Waals surface area contributed by atoms with E-state index in [1.165, 1.54) is 11.1 Å². The first-order chi connectivity index (χ1) is 8.86. The number of rotatable bonds is 1. The Hall–Kier alpha value is -1.32. The smallest absolute Gasteiger partial charge is 0.105 e. The summed E-state index contributed by atoms with van der Waals surface area (Å²) in [6, 6.07) is 10.3. The molecule has 1 aromatic carbocycles. The molecule has 3 nitrogen and oxygen atoms in total. The Morgan fingerprint density at radius 1 is 1.22 bits per heavy atom. The van der Waals surface area contributed by atoms with Gasteiger partial charge in [0.25, 0.3) is 0 Å². The van der Waals surface area contributed by atoms with Crippen LogP contribution < -0.4 is 10.2 Å². The second-order valence-electron chi connectivity index (χ2n) is 4.51. The summed E-state index contributed by atoms with van der Waals surface area (Å²) in [5.41, 5.74) is 2.26. The van der Waals surface area contributed by atoms with Crippen molar-refractivity contribution in [1.29, 1.82) is 0 Å². The maximum atomic E-state index is 6.49. The molecule has 0 saturated carbocycles. The van der Waals surface area contributed by atoms with Gasteiger partial charge in [-0.15, -0.1) is 0 Å². The van der Waals surface area contributed by atoms with E-state index in [0.717, 1.165) is 31.6 Å². The van der Waals surface area contributed by atoms with E-state index in [4.69, 9.17) is 11.6 Å². The van der Waals surface area contributed by atoms with E-state index in [9.17, 15) is 0 Å². The maximum absolute atomic E-state index is 6.49. The largest absolute Gasteiger partial charge is 0.353 e. The Balaban J connectivity index is 2.07. The highest BCUT2D eigenvalue weighted by Gasteiger charge is 2.20. The zero-order valence-electron chi connectivity index (χ0n) is 10.1. The fourth-order valence-corrected chi connectivity index (χ4v) is 2.76. The molecule has 1 aliphatic heterocycles. The van der Waals surface area contributed by atoms with Crippen LogP contribution in [0.3, 0.4) is 0 Å². The first-order valence-corrected chi connectivity index (χ1v) is 6.75. The molecule has 1 atom stereocenters. The van der Waals surface area contributed by atoms with E-state index < -0.39 is 0 Å². The molecule has 0 amide bonds. The molecule has 1 fully saturated rings. The van der Waals surface area contributed by atoms with Gasteiger partial charge in [-0.25, -0.2) is 0 Å². The number of aromatic nitrogens is 1. The van der Waals surface area contributed by atoms with Crippen molar-refractivity contribution in [3.63, 3.8) is 0 Å². The molecule has 1 aromatic heterocycles. The lowest BCUT2D eigenvalue weighted by Crippen LogP contribution is -2.32. The number of nitrogens with one attached hydrogen (secondary N) is 1. The van der Waals surface area contributed by atoms with Crippen LogP contribution in [0.1, 0.15) is 6.42 Å². The minimum absolute atomic E-state index is 0.0470. The van der Waals surface area contributed by atoms with Crippen LogP contribution in [0.5, 0.6) is 0 Å². The molecule has 1 unspecified atom stereocenters. The van der Waals surface area contributed by atoms with Crippen LogP contribution >= 0.6 is 11.6 Å². The number of fused-ring (bicyclic) bond motifs is 1. The van der Waals surface area contributed by atoms with Crippen LogP contribution in [-0.2, 0) is 0 Å². The van der Waals surface area contributed by atoms with Crippen molar-refractivity contribution >= 4 is 28.2 Å². The van der Waals surface area contributed by atoms with Gasteiger partial charge >= 0.3 is 0 Å². The molecular weight excluding hydrogens is 246 g/mol. The van der Waals surface area contributed by atoms with Gasteiger partial charge in [-0.1, -0.05) is 29.8 Å². The number of hydrogen-bond donors (Lipinski definition) is 1. The standard InChI is InChI=1S/C14H16ClN3/c15-14-6-7-16-9-10-18(14)13-5-8-17-12-4-2-1-3-11(12)13/h1-5,8,14,16H,6-7,9-10H2. The second-order valence-corrected chi connectivity index (χ2v) is 5.02. The van der Waals surface area contributed by atoms with Gasteiger partial charge in [-0.3, -0.25) is 4.98 Å². The molecular formula is C14H16ClN3. The Morgan fingerprint density at radius 2 is 2.11 bits per heavy atom. The third-order valence-corrected chi connectivity index (χ3v) is 3.82. The third kappa shape index (κ3) is 2.16. The molecule has 0 spiro atoms. The zero-order valence-corrected chi connectivity index (χ0v) is 10.9. The average Bonchev–Trinajstić information content (AvgIpc) is 2.63. The van der Waals surface area contributed by atoms with E-state index in [0.29, 0.717) is 0 Å². The van der Waals surface area contributed by atoms with E-state index in [1.54, 1.807) is 0 Å². The molecule has 94 valence electrons. The minimum atomic E-state index is 0.0470. The highest BCUT2D eigenvalue weighted by atomic mass is 35.5. The van der Waals surface area contributed by atoms with Crippen LogP contribution in [0.2, 0.25) is 0 Å². The average molecular weight is 262 g/mol. The number of alkyl halides is 1. The van der Waals surface area contributed by atoms with E-state index in [2.05, 4.69) is 27.3 Å². The van der Waals surface area contributed by atoms with Gasteiger partial charge in [0.1, 0.15) is 5.50 Å². The Bertz CT molecular complexity index is 538. The summed E-state index contributed by atoms with van der Waals surface area (Å²) in [4.78, 5) is 6.67. The fourth-order valence-electron chi connectivity index (χ4n) is 2.44. The Morgan fingerprint density at radius 3 is 3.06 bits per heavy atom. The molecule has 4 heteroatoms.